The highest BCUT2D eigenvalue weighted by Gasteiger charge is 2.36. The molecule has 2 aliphatic rings. The van der Waals surface area contributed by atoms with Gasteiger partial charge < -0.3 is 16.2 Å². The first-order chi connectivity index (χ1) is 14.1. The fraction of sp³-hybridized carbons (Fsp3) is 0.522. The van der Waals surface area contributed by atoms with Gasteiger partial charge in [0.25, 0.3) is 5.91 Å². The number of carbonyl (C=O) groups excluding carboxylic acids is 2. The number of nitrogens with zero attached hydrogens (tertiary/aromatic N) is 2. The summed E-state index contributed by atoms with van der Waals surface area (Å²) < 4.78 is 1.83. The van der Waals surface area contributed by atoms with Crippen molar-refractivity contribution in [3.05, 3.63) is 40.7 Å². The fourth-order valence-electron chi connectivity index (χ4n) is 4.87. The molecular formula is C23H30N4O3. The minimum absolute atomic E-state index is 0.0795. The Bertz CT molecular complexity index is 1010. The highest BCUT2D eigenvalue weighted by Crippen LogP contribution is 2.37. The lowest BCUT2D eigenvalue weighted by atomic mass is 9.75. The number of aryl methyl sites for hydroxylation is 1. The molecule has 0 radical (unpaired) electrons. The Kier molecular flexibility index (Phi) is 5.18. The van der Waals surface area contributed by atoms with Gasteiger partial charge in [-0.3, -0.25) is 9.59 Å². The quantitative estimate of drug-likeness (QED) is 0.717. The number of primary amides is 1. The minimum Gasteiger partial charge on any atom is -0.393 e. The summed E-state index contributed by atoms with van der Waals surface area (Å²) in [4.78, 5) is 24.7. The molecule has 1 saturated carbocycles. The molecule has 1 aromatic heterocycles. The van der Waals surface area contributed by atoms with E-state index >= 15 is 0 Å². The molecule has 1 fully saturated rings. The number of carbonyl (C=O) groups is 2. The van der Waals surface area contributed by atoms with Gasteiger partial charge in [0, 0.05) is 18.2 Å². The highest BCUT2D eigenvalue weighted by atomic mass is 16.3. The molecule has 160 valence electrons. The van der Waals surface area contributed by atoms with Crippen LogP contribution in [0.5, 0.6) is 0 Å². The summed E-state index contributed by atoms with van der Waals surface area (Å²) in [5.74, 6) is -0.372. The number of hydrogen-bond donors (Lipinski definition) is 3. The molecule has 0 aliphatic heterocycles. The number of aromatic nitrogens is 2. The first-order valence-corrected chi connectivity index (χ1v) is 10.6. The smallest absolute Gasteiger partial charge is 0.250 e. The maximum Gasteiger partial charge on any atom is 0.250 e. The lowest BCUT2D eigenvalue weighted by molar-refractivity contribution is 0.0909. The van der Waals surface area contributed by atoms with Crippen molar-refractivity contribution in [1.29, 1.82) is 0 Å². The van der Waals surface area contributed by atoms with Gasteiger partial charge in [-0.1, -0.05) is 13.8 Å². The number of hydrogen-bond acceptors (Lipinski definition) is 5. The maximum atomic E-state index is 12.7. The van der Waals surface area contributed by atoms with E-state index in [4.69, 9.17) is 5.73 Å². The van der Waals surface area contributed by atoms with Gasteiger partial charge in [0.1, 0.15) is 0 Å². The molecule has 2 aromatic rings. The van der Waals surface area contributed by atoms with Gasteiger partial charge in [-0.05, 0) is 62.6 Å². The number of amides is 1. The average Bonchev–Trinajstić information content (AvgIpc) is 2.96. The Balaban J connectivity index is 1.75. The molecule has 30 heavy (non-hydrogen) atoms. The van der Waals surface area contributed by atoms with Crippen molar-refractivity contribution in [3.8, 4) is 5.69 Å². The number of rotatable bonds is 4. The Hall–Kier alpha value is -2.67. The molecule has 2 aliphatic carbocycles. The molecule has 1 aromatic carbocycles. The molecule has 0 spiro atoms. The van der Waals surface area contributed by atoms with Crippen LogP contribution in [0.15, 0.2) is 18.2 Å². The second-order valence-electron chi connectivity index (χ2n) is 9.52. The minimum atomic E-state index is -0.504. The van der Waals surface area contributed by atoms with Crippen LogP contribution < -0.4 is 11.1 Å². The summed E-state index contributed by atoms with van der Waals surface area (Å²) >= 11 is 0. The first kappa shape index (κ1) is 20.6. The second-order valence-corrected chi connectivity index (χ2v) is 9.52. The van der Waals surface area contributed by atoms with Crippen molar-refractivity contribution in [2.75, 3.05) is 5.32 Å². The van der Waals surface area contributed by atoms with Gasteiger partial charge in [0.2, 0.25) is 0 Å². The van der Waals surface area contributed by atoms with E-state index in [1.54, 1.807) is 6.07 Å². The second kappa shape index (κ2) is 7.54. The van der Waals surface area contributed by atoms with Crippen LogP contribution in [-0.4, -0.2) is 38.7 Å². The van der Waals surface area contributed by atoms with E-state index in [9.17, 15) is 14.7 Å². The van der Waals surface area contributed by atoms with Crippen LogP contribution >= 0.6 is 0 Å². The lowest BCUT2D eigenvalue weighted by Gasteiger charge is -2.29. The molecule has 2 atom stereocenters. The number of ketones is 1. The zero-order valence-corrected chi connectivity index (χ0v) is 17.9. The zero-order chi connectivity index (χ0) is 21.6. The van der Waals surface area contributed by atoms with Crippen molar-refractivity contribution in [1.82, 2.24) is 9.78 Å². The van der Waals surface area contributed by atoms with Crippen molar-refractivity contribution in [2.45, 2.75) is 71.4 Å². The van der Waals surface area contributed by atoms with E-state index < -0.39 is 5.91 Å². The van der Waals surface area contributed by atoms with Gasteiger partial charge in [-0.25, -0.2) is 4.68 Å². The average molecular weight is 411 g/mol. The van der Waals surface area contributed by atoms with Crippen molar-refractivity contribution < 1.29 is 14.7 Å². The van der Waals surface area contributed by atoms with E-state index in [1.807, 2.05) is 23.7 Å². The largest absolute Gasteiger partial charge is 0.393 e. The monoisotopic (exact) mass is 410 g/mol. The summed E-state index contributed by atoms with van der Waals surface area (Å²) in [5, 5.41) is 18.1. The summed E-state index contributed by atoms with van der Waals surface area (Å²) in [7, 11) is 0. The standard InChI is InChI=1S/C23H30N4O3/c1-13-21-19(11-23(2,3)12-20(21)29)27(26-13)15-7-8-17(22(24)30)18(10-15)25-14-5-4-6-16(28)9-14/h7-8,10,14,16,25,28H,4-6,9,11-12H2,1-3H3,(H2,24,30). The van der Waals surface area contributed by atoms with Crippen molar-refractivity contribution >= 4 is 17.4 Å². The summed E-state index contributed by atoms with van der Waals surface area (Å²) in [6.45, 7) is 6.06. The third-order valence-corrected chi connectivity index (χ3v) is 6.24. The summed E-state index contributed by atoms with van der Waals surface area (Å²) in [5.41, 5.74) is 9.69. The van der Waals surface area contributed by atoms with Gasteiger partial charge in [-0.2, -0.15) is 5.10 Å². The number of benzene rings is 1. The third kappa shape index (κ3) is 3.86. The molecule has 0 saturated heterocycles. The number of aliphatic hydroxyl groups excluding tert-OH is 1. The first-order valence-electron chi connectivity index (χ1n) is 10.6. The van der Waals surface area contributed by atoms with Gasteiger partial charge in [-0.15, -0.1) is 0 Å². The predicted octanol–water partition coefficient (Wildman–Crippen LogP) is 3.15. The van der Waals surface area contributed by atoms with Crippen LogP contribution in [0.3, 0.4) is 0 Å². The Morgan fingerprint density at radius 2 is 2.07 bits per heavy atom. The third-order valence-electron chi connectivity index (χ3n) is 6.24. The Labute approximate surface area is 176 Å². The highest BCUT2D eigenvalue weighted by molar-refractivity contribution is 6.00. The zero-order valence-electron chi connectivity index (χ0n) is 17.9. The SMILES string of the molecule is Cc1nn(-c2ccc(C(N)=O)c(NC3CCCC(O)C3)c2)c2c1C(=O)CC(C)(C)C2. The summed E-state index contributed by atoms with van der Waals surface area (Å²) in [6, 6.07) is 5.48. The van der Waals surface area contributed by atoms with E-state index in [1.165, 1.54) is 0 Å². The van der Waals surface area contributed by atoms with Crippen LogP contribution in [0, 0.1) is 12.3 Å². The number of Topliss-reactive ketones (excluding diaryl/α,β-unsaturated/α-hetero) is 1. The Morgan fingerprint density at radius 1 is 1.30 bits per heavy atom. The van der Waals surface area contributed by atoms with Crippen LogP contribution in [0.1, 0.15) is 78.1 Å². The topological polar surface area (TPSA) is 110 Å². The van der Waals surface area contributed by atoms with Crippen molar-refractivity contribution in [2.24, 2.45) is 11.1 Å². The molecule has 7 heteroatoms. The van der Waals surface area contributed by atoms with E-state index in [0.29, 0.717) is 24.1 Å². The van der Waals surface area contributed by atoms with Gasteiger partial charge in [0.05, 0.1) is 34.3 Å². The van der Waals surface area contributed by atoms with Crippen LogP contribution in [0.2, 0.25) is 0 Å². The Morgan fingerprint density at radius 3 is 2.77 bits per heavy atom. The van der Waals surface area contributed by atoms with Gasteiger partial charge in [0.15, 0.2) is 5.78 Å². The van der Waals surface area contributed by atoms with E-state index in [-0.39, 0.29) is 23.3 Å². The molecular weight excluding hydrogens is 380 g/mol. The molecule has 4 rings (SSSR count). The molecule has 2 unspecified atom stereocenters. The normalized spacial score (nSPS) is 23.1. The number of aliphatic hydroxyl groups is 1. The van der Waals surface area contributed by atoms with Crippen LogP contribution in [0.25, 0.3) is 5.69 Å². The predicted molar refractivity (Wildman–Crippen MR) is 115 cm³/mol. The number of nitrogens with one attached hydrogen (secondary N) is 1. The lowest BCUT2D eigenvalue weighted by Crippen LogP contribution is -2.31. The van der Waals surface area contributed by atoms with Crippen LogP contribution in [0.4, 0.5) is 5.69 Å². The summed E-state index contributed by atoms with van der Waals surface area (Å²) in [6.07, 6.45) is 4.26. The number of fused-ring (bicyclic) bond motifs is 1. The molecule has 7 nitrogen and oxygen atoms in total. The van der Waals surface area contributed by atoms with E-state index in [0.717, 1.165) is 48.3 Å². The fourth-order valence-corrected chi connectivity index (χ4v) is 4.87. The number of anilines is 1. The molecule has 0 bridgehead atoms. The molecule has 1 heterocycles. The van der Waals surface area contributed by atoms with Crippen LogP contribution in [-0.2, 0) is 6.42 Å². The molecule has 1 amide bonds. The van der Waals surface area contributed by atoms with Crippen molar-refractivity contribution in [3.63, 3.8) is 0 Å². The van der Waals surface area contributed by atoms with Gasteiger partial charge >= 0.3 is 0 Å². The van der Waals surface area contributed by atoms with E-state index in [2.05, 4.69) is 24.3 Å². The maximum absolute atomic E-state index is 12.7. The molecule has 4 N–H and O–H groups in total. The number of nitrogens with two attached hydrogens (primary N) is 1.